The fourth-order valence-corrected chi connectivity index (χ4v) is 2.25. The summed E-state index contributed by atoms with van der Waals surface area (Å²) in [7, 11) is 1.95. The van der Waals surface area contributed by atoms with Crippen molar-refractivity contribution in [1.29, 1.82) is 0 Å². The van der Waals surface area contributed by atoms with E-state index in [-0.39, 0.29) is 11.3 Å². The van der Waals surface area contributed by atoms with Crippen LogP contribution in [0.2, 0.25) is 0 Å². The molecule has 1 atom stereocenters. The van der Waals surface area contributed by atoms with E-state index in [9.17, 15) is 4.79 Å². The number of hydrogen-bond donors (Lipinski definition) is 0. The van der Waals surface area contributed by atoms with E-state index in [2.05, 4.69) is 18.7 Å². The highest BCUT2D eigenvalue weighted by Crippen LogP contribution is 2.22. The number of carbonyl (C=O) groups excluding carboxylic acids is 1. The van der Waals surface area contributed by atoms with Gasteiger partial charge in [-0.1, -0.05) is 20.8 Å². The van der Waals surface area contributed by atoms with Gasteiger partial charge in [0.15, 0.2) is 0 Å². The van der Waals surface area contributed by atoms with E-state index < -0.39 is 0 Å². The summed E-state index contributed by atoms with van der Waals surface area (Å²) in [4.78, 5) is 16.5. The molecule has 0 aromatic carbocycles. The van der Waals surface area contributed by atoms with Crippen molar-refractivity contribution >= 4 is 5.91 Å². The van der Waals surface area contributed by atoms with Gasteiger partial charge in [0.25, 0.3) is 0 Å². The molecule has 0 saturated carbocycles. The summed E-state index contributed by atoms with van der Waals surface area (Å²) in [5.74, 6) is 0.253. The van der Waals surface area contributed by atoms with Crippen LogP contribution in [0.5, 0.6) is 0 Å². The quantitative estimate of drug-likeness (QED) is 0.719. The molecule has 16 heavy (non-hydrogen) atoms. The number of rotatable bonds is 2. The van der Waals surface area contributed by atoms with Gasteiger partial charge in [0.05, 0.1) is 0 Å². The van der Waals surface area contributed by atoms with Crippen LogP contribution >= 0.6 is 0 Å². The van der Waals surface area contributed by atoms with E-state index in [0.717, 1.165) is 19.5 Å². The lowest BCUT2D eigenvalue weighted by molar-refractivity contribution is -0.140. The van der Waals surface area contributed by atoms with Crippen LogP contribution in [-0.4, -0.2) is 47.9 Å². The zero-order chi connectivity index (χ0) is 12.5. The largest absolute Gasteiger partial charge is 0.341 e. The van der Waals surface area contributed by atoms with E-state index in [4.69, 9.17) is 0 Å². The van der Waals surface area contributed by atoms with Crippen LogP contribution in [0.15, 0.2) is 0 Å². The lowest BCUT2D eigenvalue weighted by Crippen LogP contribution is -2.44. The summed E-state index contributed by atoms with van der Waals surface area (Å²) in [6.07, 6.45) is 1.11. The highest BCUT2D eigenvalue weighted by molar-refractivity contribution is 5.81. The van der Waals surface area contributed by atoms with Crippen molar-refractivity contribution in [3.05, 3.63) is 0 Å². The standard InChI is InChI=1S/C13H26N2O/c1-10(2)15-8-7-11(9-15)14(6)12(16)13(3,4)5/h10-11H,7-9H2,1-6H3. The van der Waals surface area contributed by atoms with Crippen LogP contribution in [0.3, 0.4) is 0 Å². The molecule has 0 bridgehead atoms. The molecular weight excluding hydrogens is 200 g/mol. The zero-order valence-corrected chi connectivity index (χ0v) is 11.6. The van der Waals surface area contributed by atoms with Crippen molar-refractivity contribution < 1.29 is 4.79 Å². The van der Waals surface area contributed by atoms with Crippen molar-refractivity contribution in [3.63, 3.8) is 0 Å². The average molecular weight is 226 g/mol. The first kappa shape index (κ1) is 13.5. The van der Waals surface area contributed by atoms with Gasteiger partial charge < -0.3 is 4.90 Å². The van der Waals surface area contributed by atoms with Crippen LogP contribution in [0, 0.1) is 5.41 Å². The van der Waals surface area contributed by atoms with Gasteiger partial charge >= 0.3 is 0 Å². The monoisotopic (exact) mass is 226 g/mol. The molecule has 1 aliphatic heterocycles. The molecule has 94 valence electrons. The summed E-state index contributed by atoms with van der Waals surface area (Å²) in [6.45, 7) is 12.5. The normalized spacial score (nSPS) is 22.8. The van der Waals surface area contributed by atoms with Crippen molar-refractivity contribution in [2.24, 2.45) is 5.41 Å². The van der Waals surface area contributed by atoms with Crippen LogP contribution in [0.25, 0.3) is 0 Å². The molecule has 3 nitrogen and oxygen atoms in total. The molecule has 0 aromatic rings. The van der Waals surface area contributed by atoms with Gasteiger partial charge in [-0.3, -0.25) is 9.69 Å². The second-order valence-corrected chi connectivity index (χ2v) is 6.20. The smallest absolute Gasteiger partial charge is 0.227 e. The van der Waals surface area contributed by atoms with Crippen molar-refractivity contribution in [2.45, 2.75) is 53.1 Å². The Labute approximate surface area is 99.8 Å². The van der Waals surface area contributed by atoms with Crippen molar-refractivity contribution in [3.8, 4) is 0 Å². The topological polar surface area (TPSA) is 23.6 Å². The third-order valence-electron chi connectivity index (χ3n) is 3.43. The second-order valence-electron chi connectivity index (χ2n) is 6.20. The first-order valence-electron chi connectivity index (χ1n) is 6.24. The summed E-state index contributed by atoms with van der Waals surface area (Å²) in [5, 5.41) is 0. The molecule has 3 heteroatoms. The predicted molar refractivity (Wildman–Crippen MR) is 67.3 cm³/mol. The highest BCUT2D eigenvalue weighted by atomic mass is 16.2. The molecule has 1 amide bonds. The molecule has 1 aliphatic rings. The average Bonchev–Trinajstić information content (AvgIpc) is 2.62. The molecule has 1 unspecified atom stereocenters. The Hall–Kier alpha value is -0.570. The Morgan fingerprint density at radius 1 is 1.38 bits per heavy atom. The zero-order valence-electron chi connectivity index (χ0n) is 11.6. The van der Waals surface area contributed by atoms with E-state index >= 15 is 0 Å². The third kappa shape index (κ3) is 2.97. The minimum absolute atomic E-state index is 0.253. The number of likely N-dealkylation sites (tertiary alicyclic amines) is 1. The Kier molecular flexibility index (Phi) is 4.00. The summed E-state index contributed by atoms with van der Waals surface area (Å²) in [5.41, 5.74) is -0.264. The van der Waals surface area contributed by atoms with Gasteiger partial charge in [-0.25, -0.2) is 0 Å². The van der Waals surface area contributed by atoms with Crippen LogP contribution < -0.4 is 0 Å². The molecule has 0 radical (unpaired) electrons. The summed E-state index contributed by atoms with van der Waals surface area (Å²) in [6, 6.07) is 0.984. The second kappa shape index (κ2) is 4.74. The van der Waals surface area contributed by atoms with Gasteiger partial charge in [0, 0.05) is 37.6 Å². The first-order valence-corrected chi connectivity index (χ1v) is 6.24. The minimum Gasteiger partial charge on any atom is -0.341 e. The molecule has 0 N–H and O–H groups in total. The molecule has 1 heterocycles. The predicted octanol–water partition coefficient (Wildman–Crippen LogP) is 1.97. The molecule has 0 aromatic heterocycles. The lowest BCUT2D eigenvalue weighted by Gasteiger charge is -2.31. The number of amides is 1. The lowest BCUT2D eigenvalue weighted by atomic mass is 9.94. The third-order valence-corrected chi connectivity index (χ3v) is 3.43. The first-order chi connectivity index (χ1) is 7.23. The number of nitrogens with zero attached hydrogens (tertiary/aromatic N) is 2. The van der Waals surface area contributed by atoms with E-state index in [1.54, 1.807) is 0 Å². The Bertz CT molecular complexity index is 255. The molecule has 1 saturated heterocycles. The Morgan fingerprint density at radius 2 is 1.94 bits per heavy atom. The minimum atomic E-state index is -0.264. The SMILES string of the molecule is CC(C)N1CCC(N(C)C(=O)C(C)(C)C)C1. The van der Waals surface area contributed by atoms with Crippen molar-refractivity contribution in [1.82, 2.24) is 9.80 Å². The Morgan fingerprint density at radius 3 is 2.31 bits per heavy atom. The van der Waals surface area contributed by atoms with Gasteiger partial charge in [-0.05, 0) is 20.3 Å². The van der Waals surface area contributed by atoms with Crippen LogP contribution in [0.4, 0.5) is 0 Å². The van der Waals surface area contributed by atoms with Crippen LogP contribution in [-0.2, 0) is 4.79 Å². The summed E-state index contributed by atoms with van der Waals surface area (Å²) < 4.78 is 0. The number of carbonyl (C=O) groups is 1. The van der Waals surface area contributed by atoms with Gasteiger partial charge in [0.1, 0.15) is 0 Å². The highest BCUT2D eigenvalue weighted by Gasteiger charge is 2.33. The molecule has 0 spiro atoms. The fourth-order valence-electron chi connectivity index (χ4n) is 2.25. The Balaban J connectivity index is 2.57. The molecule has 1 rings (SSSR count). The van der Waals surface area contributed by atoms with Gasteiger partial charge in [-0.2, -0.15) is 0 Å². The number of likely N-dealkylation sites (N-methyl/N-ethyl adjacent to an activating group) is 1. The summed E-state index contributed by atoms with van der Waals surface area (Å²) >= 11 is 0. The van der Waals surface area contributed by atoms with E-state index in [0.29, 0.717) is 12.1 Å². The van der Waals surface area contributed by atoms with Gasteiger partial charge in [-0.15, -0.1) is 0 Å². The molecular formula is C13H26N2O. The van der Waals surface area contributed by atoms with Crippen molar-refractivity contribution in [2.75, 3.05) is 20.1 Å². The number of hydrogen-bond acceptors (Lipinski definition) is 2. The molecule has 1 fully saturated rings. The van der Waals surface area contributed by atoms with E-state index in [1.165, 1.54) is 0 Å². The molecule has 0 aliphatic carbocycles. The maximum Gasteiger partial charge on any atom is 0.227 e. The van der Waals surface area contributed by atoms with Crippen LogP contribution in [0.1, 0.15) is 41.0 Å². The fraction of sp³-hybridized carbons (Fsp3) is 0.923. The van der Waals surface area contributed by atoms with E-state index in [1.807, 2.05) is 32.7 Å². The maximum atomic E-state index is 12.1. The maximum absolute atomic E-state index is 12.1. The van der Waals surface area contributed by atoms with Gasteiger partial charge in [0.2, 0.25) is 5.91 Å².